The van der Waals surface area contributed by atoms with Gasteiger partial charge < -0.3 is 14.6 Å². The van der Waals surface area contributed by atoms with Gasteiger partial charge in [-0.15, -0.1) is 0 Å². The molecule has 1 aromatic carbocycles. The largest absolute Gasteiger partial charge is 0.494 e. The number of rotatable bonds is 6. The number of benzene rings is 1. The first-order chi connectivity index (χ1) is 15.1. The number of anilines is 1. The summed E-state index contributed by atoms with van der Waals surface area (Å²) in [6.07, 6.45) is 3.92. The molecule has 0 spiro atoms. The number of hydrogen-bond acceptors (Lipinski definition) is 4. The second-order valence-electron chi connectivity index (χ2n) is 10.8. The van der Waals surface area contributed by atoms with Gasteiger partial charge in [0.2, 0.25) is 0 Å². The highest BCUT2D eigenvalue weighted by Crippen LogP contribution is 2.37. The highest BCUT2D eigenvalue weighted by Gasteiger charge is 2.30. The number of pyridine rings is 1. The molecule has 4 rings (SSSR count). The molecule has 3 aromatic rings. The number of nitrogens with zero attached hydrogens (tertiary/aromatic N) is 2. The van der Waals surface area contributed by atoms with Gasteiger partial charge in [-0.1, -0.05) is 41.5 Å². The van der Waals surface area contributed by atoms with Crippen LogP contribution >= 0.6 is 0 Å². The van der Waals surface area contributed by atoms with E-state index in [1.54, 1.807) is 6.20 Å². The first-order valence-corrected chi connectivity index (χ1v) is 11.6. The molecule has 1 saturated heterocycles. The smallest absolute Gasteiger partial charge is 0.171 e. The Labute approximate surface area is 191 Å². The van der Waals surface area contributed by atoms with Crippen LogP contribution in [0.3, 0.4) is 0 Å². The molecule has 3 heterocycles. The van der Waals surface area contributed by atoms with E-state index in [1.165, 1.54) is 12.1 Å². The van der Waals surface area contributed by atoms with Gasteiger partial charge in [0.15, 0.2) is 5.78 Å². The van der Waals surface area contributed by atoms with E-state index in [2.05, 4.69) is 48.9 Å². The molecule has 0 bridgehead atoms. The minimum Gasteiger partial charge on any atom is -0.494 e. The molecule has 5 heteroatoms. The lowest BCUT2D eigenvalue weighted by atomic mass is 9.87. The molecule has 1 N–H and O–H groups in total. The minimum atomic E-state index is -0.462. The second-order valence-corrected chi connectivity index (χ2v) is 10.8. The lowest BCUT2D eigenvalue weighted by molar-refractivity contribution is 0.0860. The third-order valence-corrected chi connectivity index (χ3v) is 6.15. The van der Waals surface area contributed by atoms with Gasteiger partial charge in [0.25, 0.3) is 0 Å². The molecule has 1 fully saturated rings. The molecule has 5 nitrogen and oxygen atoms in total. The van der Waals surface area contributed by atoms with Gasteiger partial charge >= 0.3 is 0 Å². The Morgan fingerprint density at radius 3 is 2.66 bits per heavy atom. The number of aromatic amines is 1. The van der Waals surface area contributed by atoms with Crippen molar-refractivity contribution in [3.63, 3.8) is 0 Å². The van der Waals surface area contributed by atoms with Crippen LogP contribution in [0.5, 0.6) is 5.75 Å². The lowest BCUT2D eigenvalue weighted by Crippen LogP contribution is -2.22. The summed E-state index contributed by atoms with van der Waals surface area (Å²) in [5, 5.41) is 0. The van der Waals surface area contributed by atoms with Crippen LogP contribution in [0.1, 0.15) is 64.7 Å². The summed E-state index contributed by atoms with van der Waals surface area (Å²) >= 11 is 0. The van der Waals surface area contributed by atoms with E-state index in [9.17, 15) is 4.79 Å². The Morgan fingerprint density at radius 2 is 2.00 bits per heavy atom. The fourth-order valence-corrected chi connectivity index (χ4v) is 4.29. The normalized spacial score (nSPS) is 16.0. The van der Waals surface area contributed by atoms with E-state index in [0.29, 0.717) is 17.6 Å². The van der Waals surface area contributed by atoms with Crippen molar-refractivity contribution in [2.75, 3.05) is 24.6 Å². The Morgan fingerprint density at radius 1 is 1.22 bits per heavy atom. The molecule has 32 heavy (non-hydrogen) atoms. The molecular formula is C27H35N3O2. The maximum absolute atomic E-state index is 13.0. The monoisotopic (exact) mass is 433 g/mol. The van der Waals surface area contributed by atoms with Crippen LogP contribution in [0.25, 0.3) is 22.3 Å². The Balaban J connectivity index is 1.78. The number of Topliss-reactive ketones (excluding diaryl/α,β-unsaturated/α-hetero) is 1. The van der Waals surface area contributed by atoms with Crippen LogP contribution in [-0.2, 0) is 0 Å². The van der Waals surface area contributed by atoms with E-state index in [4.69, 9.17) is 9.72 Å². The summed E-state index contributed by atoms with van der Waals surface area (Å²) in [4.78, 5) is 23.5. The van der Waals surface area contributed by atoms with Crippen LogP contribution in [-0.4, -0.2) is 35.4 Å². The predicted octanol–water partition coefficient (Wildman–Crippen LogP) is 6.48. The van der Waals surface area contributed by atoms with Gasteiger partial charge in [0, 0.05) is 42.0 Å². The third kappa shape index (κ3) is 4.52. The number of ether oxygens (including phenoxy) is 1. The summed E-state index contributed by atoms with van der Waals surface area (Å²) in [6.45, 7) is 15.3. The fraction of sp³-hybridized carbons (Fsp3) is 0.481. The van der Waals surface area contributed by atoms with E-state index in [-0.39, 0.29) is 5.78 Å². The zero-order valence-corrected chi connectivity index (χ0v) is 20.2. The first-order valence-electron chi connectivity index (χ1n) is 11.6. The number of hydrogen-bond donors (Lipinski definition) is 1. The highest BCUT2D eigenvalue weighted by atomic mass is 16.5. The zero-order valence-electron chi connectivity index (χ0n) is 20.2. The van der Waals surface area contributed by atoms with E-state index in [1.807, 2.05) is 32.9 Å². The number of ketones is 1. The van der Waals surface area contributed by atoms with Crippen LogP contribution < -0.4 is 9.64 Å². The van der Waals surface area contributed by atoms with Crippen molar-refractivity contribution in [1.82, 2.24) is 9.97 Å². The Hall–Kier alpha value is -2.82. The molecule has 1 aliphatic rings. The maximum atomic E-state index is 13.0. The van der Waals surface area contributed by atoms with Gasteiger partial charge in [-0.25, -0.2) is 4.98 Å². The highest BCUT2D eigenvalue weighted by molar-refractivity contribution is 6.09. The third-order valence-electron chi connectivity index (χ3n) is 6.15. The number of fused-ring (bicyclic) bond motifs is 1. The molecule has 0 saturated carbocycles. The molecule has 0 radical (unpaired) electrons. The van der Waals surface area contributed by atoms with Crippen LogP contribution in [0.2, 0.25) is 0 Å². The van der Waals surface area contributed by atoms with E-state index < -0.39 is 5.41 Å². The van der Waals surface area contributed by atoms with Crippen LogP contribution in [0.4, 0.5) is 5.69 Å². The molecule has 0 atom stereocenters. The van der Waals surface area contributed by atoms with E-state index in [0.717, 1.165) is 47.6 Å². The quantitative estimate of drug-likeness (QED) is 0.452. The van der Waals surface area contributed by atoms with Crippen molar-refractivity contribution in [2.24, 2.45) is 10.8 Å². The molecule has 2 aromatic heterocycles. The summed E-state index contributed by atoms with van der Waals surface area (Å²) in [5.74, 6) is 0.958. The number of carbonyl (C=O) groups is 1. The Bertz CT molecular complexity index is 1140. The topological polar surface area (TPSA) is 58.2 Å². The van der Waals surface area contributed by atoms with Gasteiger partial charge in [-0.05, 0) is 42.5 Å². The summed E-state index contributed by atoms with van der Waals surface area (Å²) in [5.41, 5.74) is 5.13. The van der Waals surface area contributed by atoms with Crippen molar-refractivity contribution < 1.29 is 9.53 Å². The average Bonchev–Trinajstić information content (AvgIpc) is 3.33. The van der Waals surface area contributed by atoms with Crippen molar-refractivity contribution in [3.05, 3.63) is 42.1 Å². The summed E-state index contributed by atoms with van der Waals surface area (Å²) in [6, 6.07) is 10.4. The SMILES string of the molecule is CCCOc1cc(-c2ccc3[nH]cc(C(=O)C(C)(C)C)c3n2)cc(N2CCC(C)(C)C2)c1. The van der Waals surface area contributed by atoms with Gasteiger partial charge in [-0.2, -0.15) is 0 Å². The number of nitrogens with one attached hydrogen (secondary N) is 1. The second kappa shape index (κ2) is 8.27. The standard InChI is InChI=1S/C27H35N3O2/c1-7-12-32-20-14-18(13-19(15-20)30-11-10-27(5,6)17-30)22-8-9-23-24(29-22)21(16-28-23)25(31)26(2,3)4/h8-9,13-16,28H,7,10-12,17H2,1-6H3. The molecular weight excluding hydrogens is 398 g/mol. The molecule has 0 aliphatic carbocycles. The molecule has 0 unspecified atom stereocenters. The molecule has 1 aliphatic heterocycles. The number of carbonyl (C=O) groups excluding carboxylic acids is 1. The fourth-order valence-electron chi connectivity index (χ4n) is 4.29. The maximum Gasteiger partial charge on any atom is 0.171 e. The van der Waals surface area contributed by atoms with Crippen molar-refractivity contribution >= 4 is 22.5 Å². The number of H-pyrrole nitrogens is 1. The van der Waals surface area contributed by atoms with Gasteiger partial charge in [-0.3, -0.25) is 4.79 Å². The van der Waals surface area contributed by atoms with Crippen molar-refractivity contribution in [2.45, 2.75) is 54.4 Å². The number of aromatic nitrogens is 2. The Kier molecular flexibility index (Phi) is 5.78. The van der Waals surface area contributed by atoms with Crippen LogP contribution in [0, 0.1) is 10.8 Å². The molecule has 0 amide bonds. The van der Waals surface area contributed by atoms with Gasteiger partial charge in [0.1, 0.15) is 5.75 Å². The van der Waals surface area contributed by atoms with Crippen molar-refractivity contribution in [3.8, 4) is 17.0 Å². The lowest BCUT2D eigenvalue weighted by Gasteiger charge is -2.23. The van der Waals surface area contributed by atoms with Crippen molar-refractivity contribution in [1.29, 1.82) is 0 Å². The molecule has 170 valence electrons. The minimum absolute atomic E-state index is 0.0911. The van der Waals surface area contributed by atoms with Gasteiger partial charge in [0.05, 0.1) is 28.9 Å². The van der Waals surface area contributed by atoms with E-state index >= 15 is 0 Å². The first kappa shape index (κ1) is 22.4. The zero-order chi connectivity index (χ0) is 23.1. The summed E-state index contributed by atoms with van der Waals surface area (Å²) < 4.78 is 6.03. The predicted molar refractivity (Wildman–Crippen MR) is 132 cm³/mol. The summed E-state index contributed by atoms with van der Waals surface area (Å²) in [7, 11) is 0. The van der Waals surface area contributed by atoms with Crippen LogP contribution in [0.15, 0.2) is 36.5 Å². The average molecular weight is 434 g/mol.